The lowest BCUT2D eigenvalue weighted by atomic mass is 10.1. The van der Waals surface area contributed by atoms with Gasteiger partial charge in [0.2, 0.25) is 5.91 Å². The first-order valence-corrected chi connectivity index (χ1v) is 8.59. The van der Waals surface area contributed by atoms with E-state index in [0.717, 1.165) is 22.6 Å². The number of pyridine rings is 1. The monoisotopic (exact) mass is 375 g/mol. The molecule has 0 bridgehead atoms. The van der Waals surface area contributed by atoms with E-state index in [1.807, 2.05) is 13.8 Å². The molecular formula is C19H22ClN3O3. The number of methoxy groups -OCH3 is 1. The van der Waals surface area contributed by atoms with Crippen molar-refractivity contribution in [3.63, 3.8) is 0 Å². The van der Waals surface area contributed by atoms with Crippen LogP contribution < -0.4 is 15.4 Å². The molecular weight excluding hydrogens is 354 g/mol. The fraction of sp³-hybridized carbons (Fsp3) is 0.316. The van der Waals surface area contributed by atoms with Gasteiger partial charge in [0.25, 0.3) is 5.91 Å². The summed E-state index contributed by atoms with van der Waals surface area (Å²) < 4.78 is 5.36. The SMILES string of the molecule is COc1c(C)cnc(CNC(=O)CCNC(=O)c2ccc(Cl)cc2)c1C. The van der Waals surface area contributed by atoms with Crippen molar-refractivity contribution in [1.82, 2.24) is 15.6 Å². The lowest BCUT2D eigenvalue weighted by Crippen LogP contribution is -2.30. The van der Waals surface area contributed by atoms with E-state index in [0.29, 0.717) is 17.1 Å². The van der Waals surface area contributed by atoms with E-state index in [4.69, 9.17) is 16.3 Å². The summed E-state index contributed by atoms with van der Waals surface area (Å²) in [5.41, 5.74) is 3.11. The van der Waals surface area contributed by atoms with Crippen LogP contribution in [0.15, 0.2) is 30.5 Å². The number of amides is 2. The highest BCUT2D eigenvalue weighted by molar-refractivity contribution is 6.30. The molecule has 0 spiro atoms. The third kappa shape index (κ3) is 5.20. The molecule has 0 unspecified atom stereocenters. The van der Waals surface area contributed by atoms with Crippen molar-refractivity contribution in [1.29, 1.82) is 0 Å². The summed E-state index contributed by atoms with van der Waals surface area (Å²) in [6.07, 6.45) is 1.90. The van der Waals surface area contributed by atoms with Crippen molar-refractivity contribution >= 4 is 23.4 Å². The summed E-state index contributed by atoms with van der Waals surface area (Å²) in [6, 6.07) is 6.57. The molecule has 0 aliphatic heterocycles. The Bertz CT molecular complexity index is 791. The van der Waals surface area contributed by atoms with Gasteiger partial charge in [-0.05, 0) is 38.1 Å². The van der Waals surface area contributed by atoms with Crippen LogP contribution in [0, 0.1) is 13.8 Å². The Morgan fingerprint density at radius 2 is 1.85 bits per heavy atom. The zero-order valence-corrected chi connectivity index (χ0v) is 15.8. The van der Waals surface area contributed by atoms with Gasteiger partial charge in [-0.2, -0.15) is 0 Å². The van der Waals surface area contributed by atoms with Crippen molar-refractivity contribution in [2.75, 3.05) is 13.7 Å². The standard InChI is InChI=1S/C19H22ClN3O3/c1-12-10-22-16(13(2)18(12)26-3)11-23-17(24)8-9-21-19(25)14-4-6-15(20)7-5-14/h4-7,10H,8-9,11H2,1-3H3,(H,21,25)(H,23,24). The Labute approximate surface area is 157 Å². The number of halogens is 1. The van der Waals surface area contributed by atoms with Gasteiger partial charge in [-0.25, -0.2) is 0 Å². The first-order valence-electron chi connectivity index (χ1n) is 8.22. The second-order valence-corrected chi connectivity index (χ2v) is 6.27. The summed E-state index contributed by atoms with van der Waals surface area (Å²) in [5, 5.41) is 6.08. The van der Waals surface area contributed by atoms with Gasteiger partial charge >= 0.3 is 0 Å². The average molecular weight is 376 g/mol. The van der Waals surface area contributed by atoms with Gasteiger partial charge in [-0.3, -0.25) is 14.6 Å². The molecule has 7 heteroatoms. The van der Waals surface area contributed by atoms with Crippen molar-refractivity contribution in [3.05, 3.63) is 57.9 Å². The number of rotatable bonds is 7. The van der Waals surface area contributed by atoms with Gasteiger partial charge in [0.15, 0.2) is 0 Å². The van der Waals surface area contributed by atoms with Crippen molar-refractivity contribution in [2.45, 2.75) is 26.8 Å². The van der Waals surface area contributed by atoms with Crippen LogP contribution in [0.1, 0.15) is 33.6 Å². The highest BCUT2D eigenvalue weighted by atomic mass is 35.5. The van der Waals surface area contributed by atoms with Gasteiger partial charge in [0, 0.05) is 40.9 Å². The van der Waals surface area contributed by atoms with E-state index < -0.39 is 0 Å². The average Bonchev–Trinajstić information content (AvgIpc) is 2.62. The minimum Gasteiger partial charge on any atom is -0.496 e. The van der Waals surface area contributed by atoms with Crippen LogP contribution in [0.4, 0.5) is 0 Å². The van der Waals surface area contributed by atoms with E-state index in [9.17, 15) is 9.59 Å². The molecule has 6 nitrogen and oxygen atoms in total. The van der Waals surface area contributed by atoms with Crippen LogP contribution in [-0.2, 0) is 11.3 Å². The molecule has 2 rings (SSSR count). The fourth-order valence-electron chi connectivity index (χ4n) is 2.51. The van der Waals surface area contributed by atoms with E-state index in [-0.39, 0.29) is 24.8 Å². The minimum absolute atomic E-state index is 0.165. The third-order valence-corrected chi connectivity index (χ3v) is 4.20. The highest BCUT2D eigenvalue weighted by Crippen LogP contribution is 2.23. The highest BCUT2D eigenvalue weighted by Gasteiger charge is 2.11. The predicted molar refractivity (Wildman–Crippen MR) is 101 cm³/mol. The lowest BCUT2D eigenvalue weighted by Gasteiger charge is -2.13. The Balaban J connectivity index is 1.79. The first kappa shape index (κ1) is 19.7. The van der Waals surface area contributed by atoms with Crippen molar-refractivity contribution < 1.29 is 14.3 Å². The Hall–Kier alpha value is -2.60. The third-order valence-electron chi connectivity index (χ3n) is 3.95. The van der Waals surface area contributed by atoms with Crippen LogP contribution >= 0.6 is 11.6 Å². The fourth-order valence-corrected chi connectivity index (χ4v) is 2.64. The Kier molecular flexibility index (Phi) is 6.97. The number of hydrogen-bond donors (Lipinski definition) is 2. The molecule has 2 N–H and O–H groups in total. The Morgan fingerprint density at radius 1 is 1.15 bits per heavy atom. The zero-order chi connectivity index (χ0) is 19.1. The first-order chi connectivity index (χ1) is 12.4. The number of nitrogens with zero attached hydrogens (tertiary/aromatic N) is 1. The molecule has 0 atom stereocenters. The molecule has 0 radical (unpaired) electrons. The van der Waals surface area contributed by atoms with Gasteiger partial charge in [0.05, 0.1) is 19.3 Å². The van der Waals surface area contributed by atoms with E-state index in [1.165, 1.54) is 0 Å². The number of ether oxygens (including phenoxy) is 1. The van der Waals surface area contributed by atoms with Crippen LogP contribution in [-0.4, -0.2) is 30.5 Å². The second-order valence-electron chi connectivity index (χ2n) is 5.84. The molecule has 0 saturated carbocycles. The number of carbonyl (C=O) groups excluding carboxylic acids is 2. The summed E-state index contributed by atoms with van der Waals surface area (Å²) in [7, 11) is 1.61. The number of nitrogens with one attached hydrogen (secondary N) is 2. The molecule has 1 heterocycles. The maximum absolute atomic E-state index is 12.0. The van der Waals surface area contributed by atoms with E-state index in [1.54, 1.807) is 37.6 Å². The topological polar surface area (TPSA) is 80.3 Å². The quantitative estimate of drug-likeness (QED) is 0.779. The number of aromatic nitrogens is 1. The van der Waals surface area contributed by atoms with Crippen LogP contribution in [0.5, 0.6) is 5.75 Å². The van der Waals surface area contributed by atoms with Crippen LogP contribution in [0.25, 0.3) is 0 Å². The van der Waals surface area contributed by atoms with Gasteiger partial charge in [-0.1, -0.05) is 11.6 Å². The molecule has 0 aliphatic rings. The van der Waals surface area contributed by atoms with Gasteiger partial charge < -0.3 is 15.4 Å². The normalized spacial score (nSPS) is 10.3. The molecule has 0 aliphatic carbocycles. The molecule has 26 heavy (non-hydrogen) atoms. The molecule has 0 saturated heterocycles. The maximum Gasteiger partial charge on any atom is 0.251 e. The molecule has 0 fully saturated rings. The van der Waals surface area contributed by atoms with Crippen molar-refractivity contribution in [3.8, 4) is 5.75 Å². The summed E-state index contributed by atoms with van der Waals surface area (Å²) in [6.45, 7) is 4.39. The summed E-state index contributed by atoms with van der Waals surface area (Å²) in [5.74, 6) is 0.372. The summed E-state index contributed by atoms with van der Waals surface area (Å²) in [4.78, 5) is 28.3. The minimum atomic E-state index is -0.241. The van der Waals surface area contributed by atoms with E-state index >= 15 is 0 Å². The molecule has 1 aromatic carbocycles. The predicted octanol–water partition coefficient (Wildman–Crippen LogP) is 2.80. The lowest BCUT2D eigenvalue weighted by molar-refractivity contribution is -0.121. The van der Waals surface area contributed by atoms with Crippen LogP contribution in [0.2, 0.25) is 5.02 Å². The number of carbonyl (C=O) groups is 2. The number of benzene rings is 1. The second kappa shape index (κ2) is 9.20. The Morgan fingerprint density at radius 3 is 2.50 bits per heavy atom. The number of aryl methyl sites for hydroxylation is 1. The molecule has 2 amide bonds. The smallest absolute Gasteiger partial charge is 0.251 e. The summed E-state index contributed by atoms with van der Waals surface area (Å²) >= 11 is 5.79. The van der Waals surface area contributed by atoms with Gasteiger partial charge in [0.1, 0.15) is 5.75 Å². The zero-order valence-electron chi connectivity index (χ0n) is 15.1. The largest absolute Gasteiger partial charge is 0.496 e. The van der Waals surface area contributed by atoms with Crippen molar-refractivity contribution in [2.24, 2.45) is 0 Å². The van der Waals surface area contributed by atoms with E-state index in [2.05, 4.69) is 15.6 Å². The van der Waals surface area contributed by atoms with Crippen LogP contribution in [0.3, 0.4) is 0 Å². The van der Waals surface area contributed by atoms with Gasteiger partial charge in [-0.15, -0.1) is 0 Å². The molecule has 2 aromatic rings. The maximum atomic E-state index is 12.0. The molecule has 1 aromatic heterocycles. The molecule has 138 valence electrons. The number of hydrogen-bond acceptors (Lipinski definition) is 4.